The molecule has 0 saturated heterocycles. The van der Waals surface area contributed by atoms with E-state index >= 15 is 0 Å². The second-order valence-electron chi connectivity index (χ2n) is 3.31. The summed E-state index contributed by atoms with van der Waals surface area (Å²) in [4.78, 5) is 22.2. The molecule has 0 spiro atoms. The number of hydrogen-bond donors (Lipinski definition) is 2. The number of aromatic carboxylic acids is 1. The van der Waals surface area contributed by atoms with Crippen molar-refractivity contribution in [3.8, 4) is 11.8 Å². The van der Waals surface area contributed by atoms with Gasteiger partial charge in [-0.05, 0) is 24.3 Å². The molecular formula is C11H7N3O3. The van der Waals surface area contributed by atoms with Gasteiger partial charge < -0.3 is 5.11 Å². The average molecular weight is 229 g/mol. The summed E-state index contributed by atoms with van der Waals surface area (Å²) in [6.45, 7) is 0. The van der Waals surface area contributed by atoms with Gasteiger partial charge in [0.2, 0.25) is 0 Å². The molecular weight excluding hydrogens is 222 g/mol. The van der Waals surface area contributed by atoms with Crippen molar-refractivity contribution in [2.24, 2.45) is 0 Å². The predicted octanol–water partition coefficient (Wildman–Crippen LogP) is 0.735. The van der Waals surface area contributed by atoms with Crippen molar-refractivity contribution in [1.82, 2.24) is 9.78 Å². The highest BCUT2D eigenvalue weighted by Crippen LogP contribution is 2.06. The molecule has 0 unspecified atom stereocenters. The van der Waals surface area contributed by atoms with E-state index in [1.807, 2.05) is 6.07 Å². The maximum absolute atomic E-state index is 11.5. The molecule has 6 nitrogen and oxygen atoms in total. The Morgan fingerprint density at radius 3 is 2.47 bits per heavy atom. The number of nitriles is 1. The topological polar surface area (TPSA) is 98.9 Å². The monoisotopic (exact) mass is 229 g/mol. The largest absolute Gasteiger partial charge is 0.477 e. The maximum atomic E-state index is 11.5. The number of rotatable bonds is 2. The van der Waals surface area contributed by atoms with E-state index in [0.29, 0.717) is 11.3 Å². The molecule has 1 heterocycles. The van der Waals surface area contributed by atoms with Crippen LogP contribution in [0.25, 0.3) is 5.69 Å². The Labute approximate surface area is 95.3 Å². The Hall–Kier alpha value is -2.81. The minimum Gasteiger partial charge on any atom is -0.477 e. The van der Waals surface area contributed by atoms with Crippen LogP contribution in [-0.4, -0.2) is 20.9 Å². The van der Waals surface area contributed by atoms with E-state index in [9.17, 15) is 9.59 Å². The number of hydrogen-bond acceptors (Lipinski definition) is 3. The number of aromatic nitrogens is 2. The fourth-order valence-corrected chi connectivity index (χ4v) is 1.38. The molecule has 2 N–H and O–H groups in total. The highest BCUT2D eigenvalue weighted by molar-refractivity contribution is 5.85. The van der Waals surface area contributed by atoms with Crippen molar-refractivity contribution in [2.45, 2.75) is 0 Å². The van der Waals surface area contributed by atoms with Crippen LogP contribution in [0.15, 0.2) is 35.1 Å². The smallest absolute Gasteiger partial charge is 0.353 e. The summed E-state index contributed by atoms with van der Waals surface area (Å²) in [7, 11) is 0. The first-order valence-electron chi connectivity index (χ1n) is 4.67. The molecule has 0 aliphatic carbocycles. The number of H-pyrrole nitrogens is 1. The van der Waals surface area contributed by atoms with E-state index in [2.05, 4.69) is 5.10 Å². The first-order chi connectivity index (χ1) is 8.11. The Bertz CT molecular complexity index is 659. The molecule has 0 amide bonds. The van der Waals surface area contributed by atoms with Crippen LogP contribution >= 0.6 is 0 Å². The molecule has 0 fully saturated rings. The summed E-state index contributed by atoms with van der Waals surface area (Å²) in [5.74, 6) is -1.20. The highest BCUT2D eigenvalue weighted by Gasteiger charge is 2.10. The number of nitrogens with zero attached hydrogens (tertiary/aromatic N) is 2. The van der Waals surface area contributed by atoms with E-state index in [0.717, 1.165) is 10.7 Å². The van der Waals surface area contributed by atoms with Crippen LogP contribution in [-0.2, 0) is 0 Å². The minimum absolute atomic E-state index is 0.181. The second-order valence-corrected chi connectivity index (χ2v) is 3.31. The fraction of sp³-hybridized carbons (Fsp3) is 0. The molecule has 0 atom stereocenters. The SMILES string of the molecule is N#Cc1ccc(-n2[nH]c(C(=O)O)cc2=O)cc1. The fourth-order valence-electron chi connectivity index (χ4n) is 1.38. The van der Waals surface area contributed by atoms with E-state index < -0.39 is 11.5 Å². The molecule has 1 aromatic carbocycles. The van der Waals surface area contributed by atoms with E-state index in [-0.39, 0.29) is 5.69 Å². The van der Waals surface area contributed by atoms with Crippen molar-refractivity contribution in [3.63, 3.8) is 0 Å². The molecule has 2 rings (SSSR count). The molecule has 2 aromatic rings. The summed E-state index contributed by atoms with van der Waals surface area (Å²) < 4.78 is 1.10. The van der Waals surface area contributed by atoms with Crippen LogP contribution in [0.4, 0.5) is 0 Å². The van der Waals surface area contributed by atoms with Crippen LogP contribution in [0, 0.1) is 11.3 Å². The molecule has 0 saturated carbocycles. The van der Waals surface area contributed by atoms with Gasteiger partial charge in [-0.3, -0.25) is 9.89 Å². The van der Waals surface area contributed by atoms with Crippen LogP contribution in [0.5, 0.6) is 0 Å². The molecule has 6 heteroatoms. The predicted molar refractivity (Wildman–Crippen MR) is 58.1 cm³/mol. The summed E-state index contributed by atoms with van der Waals surface area (Å²) >= 11 is 0. The first-order valence-corrected chi connectivity index (χ1v) is 4.67. The lowest BCUT2D eigenvalue weighted by molar-refractivity contribution is 0.0690. The standard InChI is InChI=1S/C11H7N3O3/c12-6-7-1-3-8(4-2-7)14-10(15)5-9(13-14)11(16)17/h1-5,13H,(H,16,17). The van der Waals surface area contributed by atoms with Crippen LogP contribution in [0.1, 0.15) is 16.1 Å². The number of benzene rings is 1. The van der Waals surface area contributed by atoms with Crippen LogP contribution < -0.4 is 5.56 Å². The number of aromatic amines is 1. The summed E-state index contributed by atoms with van der Waals surface area (Å²) in [5.41, 5.74) is 0.291. The Balaban J connectivity index is 2.50. The highest BCUT2D eigenvalue weighted by atomic mass is 16.4. The van der Waals surface area contributed by atoms with Crippen molar-refractivity contribution in [3.05, 3.63) is 51.9 Å². The lowest BCUT2D eigenvalue weighted by Crippen LogP contribution is -2.13. The van der Waals surface area contributed by atoms with Gasteiger partial charge in [0.25, 0.3) is 5.56 Å². The molecule has 17 heavy (non-hydrogen) atoms. The van der Waals surface area contributed by atoms with Gasteiger partial charge in [-0.1, -0.05) is 0 Å². The second kappa shape index (κ2) is 3.98. The van der Waals surface area contributed by atoms with Gasteiger partial charge in [0, 0.05) is 6.07 Å². The zero-order chi connectivity index (χ0) is 12.4. The first kappa shape index (κ1) is 10.7. The lowest BCUT2D eigenvalue weighted by Gasteiger charge is -2.00. The number of carboxylic acid groups (broad SMARTS) is 1. The Morgan fingerprint density at radius 2 is 2.00 bits per heavy atom. The molecule has 0 bridgehead atoms. The van der Waals surface area contributed by atoms with Crippen molar-refractivity contribution in [1.29, 1.82) is 5.26 Å². The Kier molecular flexibility index (Phi) is 2.51. The summed E-state index contributed by atoms with van der Waals surface area (Å²) in [6, 6.07) is 9.16. The Morgan fingerprint density at radius 1 is 1.35 bits per heavy atom. The number of carboxylic acids is 1. The quantitative estimate of drug-likeness (QED) is 0.793. The van der Waals surface area contributed by atoms with Gasteiger partial charge in [-0.25, -0.2) is 9.48 Å². The van der Waals surface area contributed by atoms with Crippen LogP contribution in [0.3, 0.4) is 0 Å². The minimum atomic E-state index is -1.20. The third kappa shape index (κ3) is 1.94. The van der Waals surface area contributed by atoms with E-state index in [4.69, 9.17) is 10.4 Å². The van der Waals surface area contributed by atoms with E-state index in [1.165, 1.54) is 0 Å². The maximum Gasteiger partial charge on any atom is 0.353 e. The lowest BCUT2D eigenvalue weighted by atomic mass is 10.2. The third-order valence-electron chi connectivity index (χ3n) is 2.21. The zero-order valence-corrected chi connectivity index (χ0v) is 8.54. The van der Waals surface area contributed by atoms with E-state index in [1.54, 1.807) is 24.3 Å². The number of carbonyl (C=O) groups is 1. The van der Waals surface area contributed by atoms with Crippen molar-refractivity contribution >= 4 is 5.97 Å². The van der Waals surface area contributed by atoms with Gasteiger partial charge >= 0.3 is 5.97 Å². The average Bonchev–Trinajstić information content (AvgIpc) is 2.72. The van der Waals surface area contributed by atoms with Gasteiger partial charge in [0.1, 0.15) is 5.69 Å². The summed E-state index contributed by atoms with van der Waals surface area (Å²) in [5, 5.41) is 19.8. The van der Waals surface area contributed by atoms with Crippen molar-refractivity contribution in [2.75, 3.05) is 0 Å². The number of nitrogens with one attached hydrogen (secondary N) is 1. The van der Waals surface area contributed by atoms with Gasteiger partial charge in [-0.15, -0.1) is 0 Å². The molecule has 84 valence electrons. The molecule has 0 radical (unpaired) electrons. The normalized spacial score (nSPS) is 9.82. The molecule has 0 aliphatic rings. The van der Waals surface area contributed by atoms with Gasteiger partial charge in [-0.2, -0.15) is 5.26 Å². The van der Waals surface area contributed by atoms with Gasteiger partial charge in [0.15, 0.2) is 0 Å². The van der Waals surface area contributed by atoms with Gasteiger partial charge in [0.05, 0.1) is 17.3 Å². The zero-order valence-electron chi connectivity index (χ0n) is 8.54. The third-order valence-corrected chi connectivity index (χ3v) is 2.21. The van der Waals surface area contributed by atoms with Crippen LogP contribution in [0.2, 0.25) is 0 Å². The van der Waals surface area contributed by atoms with Crippen molar-refractivity contribution < 1.29 is 9.90 Å². The summed E-state index contributed by atoms with van der Waals surface area (Å²) in [6.07, 6.45) is 0. The molecule has 0 aliphatic heterocycles. The molecule has 1 aromatic heterocycles.